The zero-order valence-electron chi connectivity index (χ0n) is 18.0. The van der Waals surface area contributed by atoms with Crippen LogP contribution in [0.2, 0.25) is 0 Å². The maximum absolute atomic E-state index is 13.6. The van der Waals surface area contributed by atoms with Crippen molar-refractivity contribution in [3.63, 3.8) is 0 Å². The van der Waals surface area contributed by atoms with Crippen molar-refractivity contribution in [1.29, 1.82) is 0 Å². The Bertz CT molecular complexity index is 884. The summed E-state index contributed by atoms with van der Waals surface area (Å²) < 4.78 is 32.6. The molecule has 2 aromatic rings. The SMILES string of the molecule is FC1(F)CCC(c2ccc3ncnc(N[C@H]4CC[C@H](N5CCOCC5)CC4)c3c2)CC1. The van der Waals surface area contributed by atoms with Crippen LogP contribution in [0, 0.1) is 0 Å². The first-order valence-corrected chi connectivity index (χ1v) is 11.8. The lowest BCUT2D eigenvalue weighted by Crippen LogP contribution is -2.46. The molecule has 0 radical (unpaired) electrons. The maximum atomic E-state index is 13.6. The standard InChI is InChI=1S/C24H32F2N4O/c25-24(26)9-7-17(8-10-24)18-1-6-22-21(15-18)23(28-16-27-22)29-19-2-4-20(5-3-19)30-11-13-31-14-12-30/h1,6,15-17,19-20H,2-5,7-14H2,(H,27,28,29)/t19-,20-. The Labute approximate surface area is 182 Å². The molecule has 0 spiro atoms. The largest absolute Gasteiger partial charge is 0.379 e. The van der Waals surface area contributed by atoms with Crippen molar-refractivity contribution in [2.45, 2.75) is 75.3 Å². The smallest absolute Gasteiger partial charge is 0.248 e. The summed E-state index contributed by atoms with van der Waals surface area (Å²) in [6, 6.07) is 7.28. The zero-order valence-corrected chi connectivity index (χ0v) is 18.0. The molecule has 1 aliphatic heterocycles. The molecule has 1 saturated heterocycles. The number of alkyl halides is 2. The number of morpholine rings is 1. The van der Waals surface area contributed by atoms with Crippen molar-refractivity contribution in [1.82, 2.24) is 14.9 Å². The number of nitrogens with zero attached hydrogens (tertiary/aromatic N) is 3. The van der Waals surface area contributed by atoms with E-state index in [1.807, 2.05) is 6.07 Å². The highest BCUT2D eigenvalue weighted by molar-refractivity contribution is 5.89. The van der Waals surface area contributed by atoms with Gasteiger partial charge in [-0.1, -0.05) is 6.07 Å². The molecule has 3 fully saturated rings. The zero-order chi connectivity index (χ0) is 21.3. The molecule has 0 unspecified atom stereocenters. The quantitative estimate of drug-likeness (QED) is 0.742. The summed E-state index contributed by atoms with van der Waals surface area (Å²) in [5.41, 5.74) is 2.04. The highest BCUT2D eigenvalue weighted by Gasteiger charge is 2.35. The third-order valence-corrected chi connectivity index (χ3v) is 7.45. The van der Waals surface area contributed by atoms with E-state index in [0.29, 0.717) is 24.9 Å². The Morgan fingerprint density at radius 3 is 2.45 bits per heavy atom. The van der Waals surface area contributed by atoms with Crippen molar-refractivity contribution in [3.05, 3.63) is 30.1 Å². The van der Waals surface area contributed by atoms with Gasteiger partial charge < -0.3 is 10.1 Å². The Hall–Kier alpha value is -1.86. The van der Waals surface area contributed by atoms with Crippen molar-refractivity contribution in [2.75, 3.05) is 31.6 Å². The number of anilines is 1. The summed E-state index contributed by atoms with van der Waals surface area (Å²) in [4.78, 5) is 11.6. The fourth-order valence-electron chi connectivity index (χ4n) is 5.54. The minimum absolute atomic E-state index is 0.0154. The molecular formula is C24H32F2N4O. The van der Waals surface area contributed by atoms with E-state index in [1.54, 1.807) is 6.33 Å². The fraction of sp³-hybridized carbons (Fsp3) is 0.667. The van der Waals surface area contributed by atoms with Crippen LogP contribution in [0.5, 0.6) is 0 Å². The lowest BCUT2D eigenvalue weighted by molar-refractivity contribution is -0.0382. The number of halogens is 2. The average Bonchev–Trinajstić information content (AvgIpc) is 2.80. The Kier molecular flexibility index (Phi) is 6.06. The van der Waals surface area contributed by atoms with E-state index in [0.717, 1.165) is 61.4 Å². The first-order chi connectivity index (χ1) is 15.1. The van der Waals surface area contributed by atoms with Gasteiger partial charge in [0, 0.05) is 43.4 Å². The predicted octanol–water partition coefficient (Wildman–Crippen LogP) is 4.98. The van der Waals surface area contributed by atoms with Crippen LogP contribution in [0.15, 0.2) is 24.5 Å². The monoisotopic (exact) mass is 430 g/mol. The van der Waals surface area contributed by atoms with E-state index in [-0.39, 0.29) is 18.8 Å². The van der Waals surface area contributed by atoms with Crippen LogP contribution in [0.3, 0.4) is 0 Å². The van der Waals surface area contributed by atoms with Gasteiger partial charge >= 0.3 is 0 Å². The van der Waals surface area contributed by atoms with Gasteiger partial charge in [-0.25, -0.2) is 18.7 Å². The molecule has 0 bridgehead atoms. The number of ether oxygens (including phenoxy) is 1. The molecular weight excluding hydrogens is 398 g/mol. The summed E-state index contributed by atoms with van der Waals surface area (Å²) >= 11 is 0. The first kappa shape index (κ1) is 21.0. The Morgan fingerprint density at radius 1 is 0.968 bits per heavy atom. The third-order valence-electron chi connectivity index (χ3n) is 7.45. The first-order valence-electron chi connectivity index (χ1n) is 11.8. The highest BCUT2D eigenvalue weighted by atomic mass is 19.3. The van der Waals surface area contributed by atoms with Gasteiger partial charge in [-0.2, -0.15) is 0 Å². The molecule has 7 heteroatoms. The van der Waals surface area contributed by atoms with E-state index in [1.165, 1.54) is 12.8 Å². The Balaban J connectivity index is 1.26. The molecule has 0 atom stereocenters. The summed E-state index contributed by atoms with van der Waals surface area (Å²) in [6.07, 6.45) is 7.32. The van der Waals surface area contributed by atoms with Gasteiger partial charge in [0.25, 0.3) is 0 Å². The Morgan fingerprint density at radius 2 is 1.71 bits per heavy atom. The second kappa shape index (κ2) is 8.94. The van der Waals surface area contributed by atoms with Gasteiger partial charge in [-0.05, 0) is 62.1 Å². The van der Waals surface area contributed by atoms with Crippen LogP contribution >= 0.6 is 0 Å². The van der Waals surface area contributed by atoms with Gasteiger partial charge in [0.1, 0.15) is 12.1 Å². The molecule has 5 rings (SSSR count). The molecule has 168 valence electrons. The molecule has 1 aromatic carbocycles. The minimum Gasteiger partial charge on any atom is -0.379 e. The minimum atomic E-state index is -2.50. The lowest BCUT2D eigenvalue weighted by Gasteiger charge is -2.39. The van der Waals surface area contributed by atoms with Crippen molar-refractivity contribution in [3.8, 4) is 0 Å². The highest BCUT2D eigenvalue weighted by Crippen LogP contribution is 2.41. The molecule has 3 aliphatic rings. The molecule has 2 heterocycles. The van der Waals surface area contributed by atoms with E-state index in [9.17, 15) is 8.78 Å². The number of aromatic nitrogens is 2. The maximum Gasteiger partial charge on any atom is 0.248 e. The lowest BCUT2D eigenvalue weighted by atomic mass is 9.82. The summed E-state index contributed by atoms with van der Waals surface area (Å²) in [5.74, 6) is -1.42. The van der Waals surface area contributed by atoms with Gasteiger partial charge in [0.15, 0.2) is 0 Å². The van der Waals surface area contributed by atoms with Gasteiger partial charge in [-0.15, -0.1) is 0 Å². The van der Waals surface area contributed by atoms with Gasteiger partial charge in [0.05, 0.1) is 18.7 Å². The second-order valence-electron chi connectivity index (χ2n) is 9.43. The van der Waals surface area contributed by atoms with E-state index in [4.69, 9.17) is 4.74 Å². The van der Waals surface area contributed by atoms with Gasteiger partial charge in [0.2, 0.25) is 5.92 Å². The summed E-state index contributed by atoms with van der Waals surface area (Å²) in [7, 11) is 0. The van der Waals surface area contributed by atoms with Crippen LogP contribution < -0.4 is 5.32 Å². The second-order valence-corrected chi connectivity index (χ2v) is 9.43. The number of hydrogen-bond donors (Lipinski definition) is 1. The number of benzene rings is 1. The van der Waals surface area contributed by atoms with Crippen LogP contribution in [0.25, 0.3) is 10.9 Å². The molecule has 31 heavy (non-hydrogen) atoms. The summed E-state index contributed by atoms with van der Waals surface area (Å²) in [6.45, 7) is 3.81. The van der Waals surface area contributed by atoms with Crippen molar-refractivity contribution >= 4 is 16.7 Å². The third kappa shape index (κ3) is 4.82. The van der Waals surface area contributed by atoms with Gasteiger partial charge in [-0.3, -0.25) is 4.90 Å². The van der Waals surface area contributed by atoms with Crippen LogP contribution in [0.4, 0.5) is 14.6 Å². The topological polar surface area (TPSA) is 50.3 Å². The number of nitrogens with one attached hydrogen (secondary N) is 1. The van der Waals surface area contributed by atoms with E-state index < -0.39 is 5.92 Å². The number of hydrogen-bond acceptors (Lipinski definition) is 5. The van der Waals surface area contributed by atoms with E-state index >= 15 is 0 Å². The number of rotatable bonds is 4. The normalized spacial score (nSPS) is 27.9. The van der Waals surface area contributed by atoms with Crippen molar-refractivity contribution in [2.24, 2.45) is 0 Å². The fourth-order valence-corrected chi connectivity index (χ4v) is 5.54. The van der Waals surface area contributed by atoms with E-state index in [2.05, 4.69) is 32.3 Å². The number of fused-ring (bicyclic) bond motifs is 1. The van der Waals surface area contributed by atoms with Crippen LogP contribution in [-0.2, 0) is 4.74 Å². The molecule has 2 saturated carbocycles. The average molecular weight is 431 g/mol. The molecule has 5 nitrogen and oxygen atoms in total. The van der Waals surface area contributed by atoms with Crippen molar-refractivity contribution < 1.29 is 13.5 Å². The summed E-state index contributed by atoms with van der Waals surface area (Å²) in [5, 5.41) is 4.68. The predicted molar refractivity (Wildman–Crippen MR) is 118 cm³/mol. The molecule has 2 aliphatic carbocycles. The molecule has 1 N–H and O–H groups in total. The van der Waals surface area contributed by atoms with Crippen LogP contribution in [-0.4, -0.2) is 59.2 Å². The van der Waals surface area contributed by atoms with Crippen LogP contribution in [0.1, 0.15) is 62.8 Å². The molecule has 0 amide bonds. The molecule has 1 aromatic heterocycles.